The van der Waals surface area contributed by atoms with Crippen LogP contribution in [-0.4, -0.2) is 58.9 Å². The average Bonchev–Trinajstić information content (AvgIpc) is 3.32. The third kappa shape index (κ3) is 4.77. The number of ketones is 1. The average molecular weight is 527 g/mol. The number of fused-ring (bicyclic) bond motifs is 1. The van der Waals surface area contributed by atoms with E-state index in [0.29, 0.717) is 12.1 Å². The first-order valence-electron chi connectivity index (χ1n) is 11.9. The van der Waals surface area contributed by atoms with E-state index in [4.69, 9.17) is 4.74 Å². The molecule has 1 fully saturated rings. The van der Waals surface area contributed by atoms with Crippen molar-refractivity contribution in [3.05, 3.63) is 69.2 Å². The summed E-state index contributed by atoms with van der Waals surface area (Å²) in [6.07, 6.45) is 1.56. The van der Waals surface area contributed by atoms with Gasteiger partial charge in [0.15, 0.2) is 0 Å². The first-order chi connectivity index (χ1) is 16.3. The molecule has 2 aliphatic rings. The first-order valence-corrected chi connectivity index (χ1v) is 12.7. The number of ether oxygens (including phenoxy) is 1. The second kappa shape index (κ2) is 10.3. The van der Waals surface area contributed by atoms with Crippen LogP contribution in [0.25, 0.3) is 5.76 Å². The van der Waals surface area contributed by atoms with Crippen LogP contribution >= 0.6 is 15.9 Å². The number of carbonyl (C=O) groups is 2. The van der Waals surface area contributed by atoms with Gasteiger partial charge in [0.2, 0.25) is 0 Å². The fourth-order valence-corrected chi connectivity index (χ4v) is 5.10. The van der Waals surface area contributed by atoms with Gasteiger partial charge in [-0.1, -0.05) is 41.9 Å². The van der Waals surface area contributed by atoms with Crippen molar-refractivity contribution in [2.45, 2.75) is 45.8 Å². The van der Waals surface area contributed by atoms with E-state index in [1.165, 1.54) is 0 Å². The number of hydrogen-bond donors (Lipinski definition) is 1. The summed E-state index contributed by atoms with van der Waals surface area (Å²) in [7, 11) is 0. The smallest absolute Gasteiger partial charge is 0.295 e. The maximum absolute atomic E-state index is 13.2. The number of halogens is 1. The van der Waals surface area contributed by atoms with Crippen LogP contribution in [0, 0.1) is 0 Å². The Labute approximate surface area is 209 Å². The minimum absolute atomic E-state index is 0.0755. The zero-order valence-corrected chi connectivity index (χ0v) is 21.5. The summed E-state index contributed by atoms with van der Waals surface area (Å²) < 4.78 is 6.68. The van der Waals surface area contributed by atoms with E-state index in [1.807, 2.05) is 43.3 Å². The summed E-state index contributed by atoms with van der Waals surface area (Å²) in [4.78, 5) is 30.3. The van der Waals surface area contributed by atoms with Crippen LogP contribution in [0.5, 0.6) is 5.75 Å². The summed E-state index contributed by atoms with van der Waals surface area (Å²) >= 11 is 3.45. The Balaban J connectivity index is 1.72. The van der Waals surface area contributed by atoms with Gasteiger partial charge >= 0.3 is 0 Å². The first kappa shape index (κ1) is 24.5. The van der Waals surface area contributed by atoms with Gasteiger partial charge in [-0.15, -0.1) is 0 Å². The Kier molecular flexibility index (Phi) is 7.43. The van der Waals surface area contributed by atoms with Crippen LogP contribution in [0.2, 0.25) is 0 Å². The van der Waals surface area contributed by atoms with Gasteiger partial charge < -0.3 is 19.6 Å². The Morgan fingerprint density at radius 3 is 2.53 bits per heavy atom. The summed E-state index contributed by atoms with van der Waals surface area (Å²) in [6, 6.07) is 12.4. The van der Waals surface area contributed by atoms with E-state index in [0.717, 1.165) is 53.8 Å². The van der Waals surface area contributed by atoms with Crippen molar-refractivity contribution in [1.82, 2.24) is 9.80 Å². The molecule has 2 aromatic carbocycles. The lowest BCUT2D eigenvalue weighted by Crippen LogP contribution is -2.33. The van der Waals surface area contributed by atoms with Gasteiger partial charge in [-0.25, -0.2) is 0 Å². The molecule has 0 radical (unpaired) electrons. The molecule has 0 aromatic heterocycles. The van der Waals surface area contributed by atoms with Gasteiger partial charge in [0.1, 0.15) is 17.6 Å². The molecule has 2 heterocycles. The van der Waals surface area contributed by atoms with Crippen LogP contribution in [0.3, 0.4) is 0 Å². The number of rotatable bonds is 8. The normalized spacial score (nSPS) is 21.3. The van der Waals surface area contributed by atoms with E-state index < -0.39 is 17.7 Å². The number of amides is 1. The van der Waals surface area contributed by atoms with Crippen LogP contribution in [0.15, 0.2) is 52.5 Å². The highest BCUT2D eigenvalue weighted by atomic mass is 79.9. The number of likely N-dealkylation sites (tertiary alicyclic amines) is 1. The highest BCUT2D eigenvalue weighted by Crippen LogP contribution is 2.41. The Morgan fingerprint density at radius 2 is 1.85 bits per heavy atom. The predicted molar refractivity (Wildman–Crippen MR) is 136 cm³/mol. The van der Waals surface area contributed by atoms with Crippen molar-refractivity contribution in [2.24, 2.45) is 0 Å². The molecule has 180 valence electrons. The largest absolute Gasteiger partial charge is 0.507 e. The Bertz CT molecular complexity index is 1110. The third-order valence-corrected chi connectivity index (χ3v) is 7.19. The molecular weight excluding hydrogens is 496 g/mol. The van der Waals surface area contributed by atoms with E-state index in [2.05, 4.69) is 34.7 Å². The van der Waals surface area contributed by atoms with Gasteiger partial charge in [-0.3, -0.25) is 9.59 Å². The van der Waals surface area contributed by atoms with Gasteiger partial charge in [-0.05, 0) is 74.4 Å². The van der Waals surface area contributed by atoms with Gasteiger partial charge in [-0.2, -0.15) is 0 Å². The maximum atomic E-state index is 13.2. The predicted octanol–water partition coefficient (Wildman–Crippen LogP) is 4.93. The van der Waals surface area contributed by atoms with Crippen molar-refractivity contribution in [3.63, 3.8) is 0 Å². The van der Waals surface area contributed by atoms with E-state index in [-0.39, 0.29) is 17.4 Å². The summed E-state index contributed by atoms with van der Waals surface area (Å²) in [6.45, 7) is 9.37. The summed E-state index contributed by atoms with van der Waals surface area (Å²) in [5.74, 6) is -0.546. The number of aliphatic hydroxyl groups is 1. The van der Waals surface area contributed by atoms with Crippen molar-refractivity contribution < 1.29 is 19.4 Å². The van der Waals surface area contributed by atoms with Crippen LogP contribution in [0.4, 0.5) is 0 Å². The number of hydrogen-bond acceptors (Lipinski definition) is 5. The Morgan fingerprint density at radius 1 is 1.15 bits per heavy atom. The van der Waals surface area contributed by atoms with Gasteiger partial charge in [0, 0.05) is 23.0 Å². The second-order valence-electron chi connectivity index (χ2n) is 8.88. The molecule has 2 aromatic rings. The quantitative estimate of drug-likeness (QED) is 0.300. The molecule has 1 amide bonds. The van der Waals surface area contributed by atoms with Gasteiger partial charge in [0.05, 0.1) is 11.6 Å². The molecule has 34 heavy (non-hydrogen) atoms. The minimum Gasteiger partial charge on any atom is -0.507 e. The fourth-order valence-electron chi connectivity index (χ4n) is 4.83. The molecular formula is C27H31BrN2O4. The highest BCUT2D eigenvalue weighted by Gasteiger charge is 2.45. The van der Waals surface area contributed by atoms with Crippen molar-refractivity contribution in [2.75, 3.05) is 26.2 Å². The fraction of sp³-hybridized carbons (Fsp3) is 0.407. The SMILES string of the molecule is CCN(CC)CCCN1C(=O)C(=O)/C(=C(/O)c2ccc3c(c2)C[C@@H](C)O3)[C@H]1c1ccc(Br)cc1. The van der Waals surface area contributed by atoms with Crippen molar-refractivity contribution in [1.29, 1.82) is 0 Å². The van der Waals surface area contributed by atoms with E-state index in [9.17, 15) is 14.7 Å². The lowest BCUT2D eigenvalue weighted by atomic mass is 9.94. The molecule has 4 rings (SSSR count). The molecule has 7 heteroatoms. The molecule has 0 unspecified atom stereocenters. The van der Waals surface area contributed by atoms with Crippen LogP contribution in [-0.2, 0) is 16.0 Å². The second-order valence-corrected chi connectivity index (χ2v) is 9.80. The summed E-state index contributed by atoms with van der Waals surface area (Å²) in [5, 5.41) is 11.3. The van der Waals surface area contributed by atoms with Gasteiger partial charge in [0.25, 0.3) is 11.7 Å². The molecule has 2 aliphatic heterocycles. The lowest BCUT2D eigenvalue weighted by Gasteiger charge is -2.27. The maximum Gasteiger partial charge on any atom is 0.295 e. The molecule has 0 saturated carbocycles. The molecule has 2 atom stereocenters. The zero-order chi connectivity index (χ0) is 24.4. The number of carbonyl (C=O) groups excluding carboxylic acids is 2. The van der Waals surface area contributed by atoms with Crippen LogP contribution < -0.4 is 4.74 Å². The van der Waals surface area contributed by atoms with Crippen LogP contribution in [0.1, 0.15) is 49.9 Å². The third-order valence-electron chi connectivity index (χ3n) is 6.66. The Hall–Kier alpha value is -2.64. The molecule has 6 nitrogen and oxygen atoms in total. The van der Waals surface area contributed by atoms with E-state index in [1.54, 1.807) is 11.0 Å². The molecule has 0 aliphatic carbocycles. The molecule has 0 bridgehead atoms. The van der Waals surface area contributed by atoms with Crippen molar-refractivity contribution >= 4 is 33.4 Å². The van der Waals surface area contributed by atoms with E-state index >= 15 is 0 Å². The molecule has 1 saturated heterocycles. The van der Waals surface area contributed by atoms with Crippen molar-refractivity contribution in [3.8, 4) is 5.75 Å². The molecule has 1 N–H and O–H groups in total. The number of benzene rings is 2. The zero-order valence-electron chi connectivity index (χ0n) is 19.9. The topological polar surface area (TPSA) is 70.1 Å². The number of aliphatic hydroxyl groups excluding tert-OH is 1. The molecule has 0 spiro atoms. The summed E-state index contributed by atoms with van der Waals surface area (Å²) in [5.41, 5.74) is 2.46. The lowest BCUT2D eigenvalue weighted by molar-refractivity contribution is -0.140. The number of Topliss-reactive ketones (excluding diaryl/α,β-unsaturated/α-hetero) is 1. The monoisotopic (exact) mass is 526 g/mol. The highest BCUT2D eigenvalue weighted by molar-refractivity contribution is 9.10. The standard InChI is InChI=1S/C27H31BrN2O4/c1-4-29(5-2)13-6-14-30-24(18-7-10-21(28)11-8-18)23(26(32)27(30)33)25(31)19-9-12-22-20(16-19)15-17(3)34-22/h7-12,16-17,24,31H,4-6,13-15H2,1-3H3/b25-23+/t17-,24-/m1/s1. The minimum atomic E-state index is -0.640. The number of nitrogens with zero attached hydrogens (tertiary/aromatic N) is 2.